The average Bonchev–Trinajstić information content (AvgIpc) is 3.23. The van der Waals surface area contributed by atoms with Gasteiger partial charge >= 0.3 is 0 Å². The first-order chi connectivity index (χ1) is 12.9. The second-order valence-electron chi connectivity index (χ2n) is 7.56. The van der Waals surface area contributed by atoms with Crippen molar-refractivity contribution in [1.82, 2.24) is 0 Å². The second-order valence-corrected chi connectivity index (χ2v) is 7.56. The predicted octanol–water partition coefficient (Wildman–Crippen LogP) is 3.48. The highest BCUT2D eigenvalue weighted by Gasteiger charge is 2.23. The molecule has 0 aliphatic heterocycles. The van der Waals surface area contributed by atoms with Gasteiger partial charge < -0.3 is 28.5 Å². The zero-order valence-electron chi connectivity index (χ0n) is 16.6. The lowest BCUT2D eigenvalue weighted by Gasteiger charge is -2.28. The molecule has 2 heterocycles. The van der Waals surface area contributed by atoms with Crippen LogP contribution in [-0.2, 0) is 35.5 Å². The predicted molar refractivity (Wildman–Crippen MR) is 101 cm³/mol. The molecule has 27 heavy (non-hydrogen) atoms. The van der Waals surface area contributed by atoms with Crippen molar-refractivity contribution in [1.29, 1.82) is 0 Å². The molecule has 1 atom stereocenters. The lowest BCUT2D eigenvalue weighted by Crippen LogP contribution is -2.28. The average molecular weight is 380 g/mol. The monoisotopic (exact) mass is 380 g/mol. The molecule has 2 rings (SSSR count). The Hall–Kier alpha value is -1.60. The van der Waals surface area contributed by atoms with E-state index in [1.54, 1.807) is 0 Å². The Bertz CT molecular complexity index is 657. The highest BCUT2D eigenvalue weighted by atomic mass is 16.5. The topological polar surface area (TPSA) is 85.2 Å². The number of aliphatic hydroxyl groups excluding tert-OH is 2. The van der Waals surface area contributed by atoms with E-state index < -0.39 is 0 Å². The van der Waals surface area contributed by atoms with E-state index in [9.17, 15) is 0 Å². The molecule has 0 radical (unpaired) electrons. The summed E-state index contributed by atoms with van der Waals surface area (Å²) in [6.45, 7) is 7.88. The van der Waals surface area contributed by atoms with Crippen molar-refractivity contribution in [3.05, 3.63) is 47.3 Å². The van der Waals surface area contributed by atoms with Gasteiger partial charge in [-0.1, -0.05) is 6.92 Å². The van der Waals surface area contributed by atoms with Crippen LogP contribution in [0.4, 0.5) is 0 Å². The highest BCUT2D eigenvalue weighted by molar-refractivity contribution is 5.07. The fourth-order valence-electron chi connectivity index (χ4n) is 3.07. The number of ether oxygens (including phenoxy) is 2. The summed E-state index contributed by atoms with van der Waals surface area (Å²) in [7, 11) is 0. The van der Waals surface area contributed by atoms with E-state index in [0.29, 0.717) is 38.6 Å². The van der Waals surface area contributed by atoms with Crippen LogP contribution in [0.25, 0.3) is 0 Å². The summed E-state index contributed by atoms with van der Waals surface area (Å²) in [4.78, 5) is 0. The first kappa shape index (κ1) is 21.7. The molecule has 6 heteroatoms. The largest absolute Gasteiger partial charge is 0.464 e. The van der Waals surface area contributed by atoms with Gasteiger partial charge in [-0.3, -0.25) is 0 Å². The molecule has 1 unspecified atom stereocenters. The fraction of sp³-hybridized carbons (Fsp3) is 0.619. The molecule has 0 aromatic carbocycles. The standard InChI is InChI=1S/C21H32O6/c1-16(13-24-14-19-6-4-17(26-19)8-10-22)12-21(2,3)25-15-20-7-5-18(27-20)9-11-23/h4-7,16,22-23H,8-15H2,1-3H3. The Morgan fingerprint density at radius 2 is 1.41 bits per heavy atom. The summed E-state index contributed by atoms with van der Waals surface area (Å²) in [5.74, 6) is 3.42. The first-order valence-electron chi connectivity index (χ1n) is 9.50. The van der Waals surface area contributed by atoms with Crippen molar-refractivity contribution in [3.8, 4) is 0 Å². The number of hydrogen-bond acceptors (Lipinski definition) is 6. The third kappa shape index (κ3) is 7.89. The van der Waals surface area contributed by atoms with E-state index in [1.165, 1.54) is 0 Å². The Morgan fingerprint density at radius 3 is 1.96 bits per heavy atom. The quantitative estimate of drug-likeness (QED) is 0.553. The maximum Gasteiger partial charge on any atom is 0.129 e. The van der Waals surface area contributed by atoms with Crippen LogP contribution >= 0.6 is 0 Å². The van der Waals surface area contributed by atoms with Gasteiger partial charge in [-0.25, -0.2) is 0 Å². The SMILES string of the molecule is CC(COCc1ccc(CCO)o1)CC(C)(C)OCc1ccc(CCO)o1. The summed E-state index contributed by atoms with van der Waals surface area (Å²) < 4.78 is 23.0. The van der Waals surface area contributed by atoms with E-state index in [4.69, 9.17) is 28.5 Å². The molecular weight excluding hydrogens is 348 g/mol. The van der Waals surface area contributed by atoms with Crippen LogP contribution in [0.5, 0.6) is 0 Å². The summed E-state index contributed by atoms with van der Waals surface area (Å²) in [5.41, 5.74) is -0.300. The van der Waals surface area contributed by atoms with Crippen LogP contribution in [0, 0.1) is 5.92 Å². The maximum absolute atomic E-state index is 8.94. The first-order valence-corrected chi connectivity index (χ1v) is 9.50. The molecule has 2 N–H and O–H groups in total. The van der Waals surface area contributed by atoms with E-state index in [0.717, 1.165) is 29.5 Å². The molecule has 0 saturated heterocycles. The van der Waals surface area contributed by atoms with Gasteiger partial charge in [0.05, 0.1) is 18.8 Å². The van der Waals surface area contributed by atoms with Crippen LogP contribution in [0.15, 0.2) is 33.1 Å². The van der Waals surface area contributed by atoms with Crippen LogP contribution in [-0.4, -0.2) is 35.6 Å². The summed E-state index contributed by atoms with van der Waals surface area (Å²) in [5, 5.41) is 17.8. The maximum atomic E-state index is 8.94. The fourth-order valence-corrected chi connectivity index (χ4v) is 3.07. The lowest BCUT2D eigenvalue weighted by atomic mass is 9.95. The Labute approximate surface area is 161 Å². The van der Waals surface area contributed by atoms with Crippen molar-refractivity contribution in [3.63, 3.8) is 0 Å². The van der Waals surface area contributed by atoms with Crippen LogP contribution in [0.3, 0.4) is 0 Å². The molecule has 0 spiro atoms. The van der Waals surface area contributed by atoms with Crippen LogP contribution in [0.1, 0.15) is 50.2 Å². The van der Waals surface area contributed by atoms with Gasteiger partial charge in [-0.15, -0.1) is 0 Å². The molecule has 0 bridgehead atoms. The van der Waals surface area contributed by atoms with E-state index in [-0.39, 0.29) is 18.8 Å². The molecule has 0 aliphatic carbocycles. The van der Waals surface area contributed by atoms with Crippen molar-refractivity contribution >= 4 is 0 Å². The molecule has 0 amide bonds. The van der Waals surface area contributed by atoms with Gasteiger partial charge in [0, 0.05) is 19.4 Å². The Morgan fingerprint density at radius 1 is 0.889 bits per heavy atom. The van der Waals surface area contributed by atoms with Crippen molar-refractivity contribution < 1.29 is 28.5 Å². The zero-order valence-corrected chi connectivity index (χ0v) is 16.6. The van der Waals surface area contributed by atoms with E-state index >= 15 is 0 Å². The second kappa shape index (κ2) is 10.7. The Kier molecular flexibility index (Phi) is 8.57. The van der Waals surface area contributed by atoms with Gasteiger partial charge in [0.2, 0.25) is 0 Å². The van der Waals surface area contributed by atoms with Gasteiger partial charge in [-0.05, 0) is 50.5 Å². The van der Waals surface area contributed by atoms with Crippen molar-refractivity contribution in [2.45, 2.75) is 58.8 Å². The minimum atomic E-state index is -0.300. The highest BCUT2D eigenvalue weighted by Crippen LogP contribution is 2.23. The van der Waals surface area contributed by atoms with Gasteiger partial charge in [0.1, 0.15) is 36.3 Å². The smallest absolute Gasteiger partial charge is 0.129 e. The van der Waals surface area contributed by atoms with Gasteiger partial charge in [0.15, 0.2) is 0 Å². The zero-order chi connectivity index (χ0) is 19.7. The third-order valence-corrected chi connectivity index (χ3v) is 4.24. The molecule has 0 aliphatic rings. The summed E-state index contributed by atoms with van der Waals surface area (Å²) in [6, 6.07) is 7.52. The molecule has 2 aromatic rings. The van der Waals surface area contributed by atoms with Crippen molar-refractivity contribution in [2.24, 2.45) is 5.92 Å². The minimum absolute atomic E-state index is 0.0809. The molecular formula is C21H32O6. The van der Waals surface area contributed by atoms with Gasteiger partial charge in [0.25, 0.3) is 0 Å². The minimum Gasteiger partial charge on any atom is -0.464 e. The molecule has 6 nitrogen and oxygen atoms in total. The molecule has 0 saturated carbocycles. The summed E-state index contributed by atoms with van der Waals surface area (Å²) in [6.07, 6.45) is 1.90. The summed E-state index contributed by atoms with van der Waals surface area (Å²) >= 11 is 0. The van der Waals surface area contributed by atoms with E-state index in [2.05, 4.69) is 20.8 Å². The number of aliphatic hydroxyl groups is 2. The van der Waals surface area contributed by atoms with Gasteiger partial charge in [-0.2, -0.15) is 0 Å². The van der Waals surface area contributed by atoms with Crippen LogP contribution < -0.4 is 0 Å². The van der Waals surface area contributed by atoms with Crippen molar-refractivity contribution in [2.75, 3.05) is 19.8 Å². The number of hydrogen-bond donors (Lipinski definition) is 2. The third-order valence-electron chi connectivity index (χ3n) is 4.24. The van der Waals surface area contributed by atoms with Crippen LogP contribution in [0.2, 0.25) is 0 Å². The normalized spacial score (nSPS) is 13.2. The lowest BCUT2D eigenvalue weighted by molar-refractivity contribution is -0.0583. The Balaban J connectivity index is 1.68. The van der Waals surface area contributed by atoms with E-state index in [1.807, 2.05) is 24.3 Å². The molecule has 2 aromatic heterocycles. The number of rotatable bonds is 13. The molecule has 152 valence electrons. The molecule has 0 fully saturated rings. The number of furan rings is 2.